The summed E-state index contributed by atoms with van der Waals surface area (Å²) in [6.07, 6.45) is 0. The van der Waals surface area contributed by atoms with Crippen LogP contribution in [0.25, 0.3) is 0 Å². The van der Waals surface area contributed by atoms with E-state index >= 15 is 0 Å². The lowest BCUT2D eigenvalue weighted by molar-refractivity contribution is -0.385. The van der Waals surface area contributed by atoms with Crippen molar-refractivity contribution in [3.63, 3.8) is 0 Å². The van der Waals surface area contributed by atoms with Crippen molar-refractivity contribution in [2.75, 3.05) is 31.2 Å². The van der Waals surface area contributed by atoms with Crippen molar-refractivity contribution in [3.8, 4) is 11.5 Å². The minimum atomic E-state index is -4.34. The normalized spacial score (nSPS) is 12.9. The third-order valence-corrected chi connectivity index (χ3v) is 6.18. The van der Waals surface area contributed by atoms with Gasteiger partial charge in [-0.3, -0.25) is 19.2 Å². The van der Waals surface area contributed by atoms with E-state index in [1.165, 1.54) is 37.3 Å². The van der Waals surface area contributed by atoms with E-state index in [0.29, 0.717) is 30.3 Å². The van der Waals surface area contributed by atoms with Crippen LogP contribution in [0.3, 0.4) is 0 Å². The number of esters is 1. The van der Waals surface area contributed by atoms with E-state index < -0.39 is 27.5 Å². The van der Waals surface area contributed by atoms with Crippen molar-refractivity contribution in [1.82, 2.24) is 0 Å². The molecule has 0 unspecified atom stereocenters. The first-order chi connectivity index (χ1) is 13.7. The quantitative estimate of drug-likeness (QED) is 0.393. The second-order valence-corrected chi connectivity index (χ2v) is 7.95. The highest BCUT2D eigenvalue weighted by molar-refractivity contribution is 7.93. The van der Waals surface area contributed by atoms with E-state index in [-0.39, 0.29) is 16.3 Å². The number of benzene rings is 2. The summed E-state index contributed by atoms with van der Waals surface area (Å²) in [4.78, 5) is 22.1. The van der Waals surface area contributed by atoms with Crippen LogP contribution >= 0.6 is 0 Å². The van der Waals surface area contributed by atoms with E-state index in [1.54, 1.807) is 0 Å². The number of non-ortho nitro benzene ring substituents is 1. The van der Waals surface area contributed by atoms with Crippen LogP contribution < -0.4 is 13.8 Å². The SMILES string of the molecule is COC(=O)CN(c1ccc2c(c1)OCCO2)S(=O)(=O)c1cc([N+](=O)[O-])ccc1C. The number of sulfonamides is 1. The molecule has 3 rings (SSSR count). The fraction of sp³-hybridized carbons (Fsp3) is 0.278. The van der Waals surface area contributed by atoms with Gasteiger partial charge in [0.05, 0.1) is 22.6 Å². The summed E-state index contributed by atoms with van der Waals surface area (Å²) in [5.74, 6) is -0.0249. The van der Waals surface area contributed by atoms with Gasteiger partial charge in [0.15, 0.2) is 11.5 Å². The molecule has 0 atom stereocenters. The van der Waals surface area contributed by atoms with Gasteiger partial charge in [0.25, 0.3) is 15.7 Å². The molecule has 29 heavy (non-hydrogen) atoms. The Morgan fingerprint density at radius 1 is 1.17 bits per heavy atom. The number of nitro benzene ring substituents is 1. The van der Waals surface area contributed by atoms with Crippen molar-refractivity contribution in [3.05, 3.63) is 52.1 Å². The molecule has 1 aliphatic heterocycles. The summed E-state index contributed by atoms with van der Waals surface area (Å²) < 4.78 is 43.1. The zero-order valence-corrected chi connectivity index (χ0v) is 16.5. The molecule has 11 heteroatoms. The van der Waals surface area contributed by atoms with Gasteiger partial charge in [0.2, 0.25) is 0 Å². The molecule has 0 aromatic heterocycles. The van der Waals surface area contributed by atoms with Crippen LogP contribution in [0.5, 0.6) is 11.5 Å². The number of methoxy groups -OCH3 is 1. The number of rotatable bonds is 6. The molecule has 0 N–H and O–H groups in total. The molecule has 10 nitrogen and oxygen atoms in total. The Morgan fingerprint density at radius 2 is 1.86 bits per heavy atom. The summed E-state index contributed by atoms with van der Waals surface area (Å²) in [6.45, 7) is 1.55. The molecule has 0 fully saturated rings. The van der Waals surface area contributed by atoms with Crippen LogP contribution in [0.2, 0.25) is 0 Å². The van der Waals surface area contributed by atoms with Gasteiger partial charge in [0, 0.05) is 18.2 Å². The third kappa shape index (κ3) is 4.09. The van der Waals surface area contributed by atoms with Crippen molar-refractivity contribution < 1.29 is 32.3 Å². The topological polar surface area (TPSA) is 125 Å². The van der Waals surface area contributed by atoms with E-state index in [9.17, 15) is 23.3 Å². The fourth-order valence-corrected chi connectivity index (χ4v) is 4.43. The Bertz CT molecular complexity index is 1070. The Balaban J connectivity index is 2.13. The number of anilines is 1. The lowest BCUT2D eigenvalue weighted by atomic mass is 10.2. The molecule has 0 radical (unpaired) electrons. The summed E-state index contributed by atoms with van der Waals surface area (Å²) in [5, 5.41) is 11.1. The van der Waals surface area contributed by atoms with Crippen LogP contribution in [0.1, 0.15) is 5.56 Å². The zero-order chi connectivity index (χ0) is 21.2. The van der Waals surface area contributed by atoms with Gasteiger partial charge >= 0.3 is 5.97 Å². The van der Waals surface area contributed by atoms with Gasteiger partial charge in [-0.2, -0.15) is 0 Å². The van der Waals surface area contributed by atoms with Crippen LogP contribution in [0.4, 0.5) is 11.4 Å². The molecule has 2 aromatic carbocycles. The zero-order valence-electron chi connectivity index (χ0n) is 15.7. The number of carbonyl (C=O) groups is 1. The predicted molar refractivity (Wildman–Crippen MR) is 102 cm³/mol. The van der Waals surface area contributed by atoms with E-state index in [2.05, 4.69) is 4.74 Å². The van der Waals surface area contributed by atoms with Crippen LogP contribution in [-0.2, 0) is 19.6 Å². The number of carbonyl (C=O) groups excluding carboxylic acids is 1. The molecule has 0 saturated heterocycles. The van der Waals surface area contributed by atoms with E-state index in [1.807, 2.05) is 0 Å². The first-order valence-electron chi connectivity index (χ1n) is 8.48. The summed E-state index contributed by atoms with van der Waals surface area (Å²) in [7, 11) is -3.21. The second-order valence-electron chi connectivity index (χ2n) is 6.12. The first kappa shape index (κ1) is 20.4. The molecule has 0 bridgehead atoms. The highest BCUT2D eigenvalue weighted by Gasteiger charge is 2.31. The number of aryl methyl sites for hydroxylation is 1. The molecule has 0 aliphatic carbocycles. The summed E-state index contributed by atoms with van der Waals surface area (Å²) in [6, 6.07) is 7.94. The second kappa shape index (κ2) is 7.95. The van der Waals surface area contributed by atoms with Crippen LogP contribution in [-0.4, -0.2) is 46.2 Å². The lowest BCUT2D eigenvalue weighted by Crippen LogP contribution is -2.36. The predicted octanol–water partition coefficient (Wildman–Crippen LogP) is 2.04. The van der Waals surface area contributed by atoms with Crippen LogP contribution in [0, 0.1) is 17.0 Å². The highest BCUT2D eigenvalue weighted by Crippen LogP contribution is 2.36. The maximum atomic E-state index is 13.4. The van der Waals surface area contributed by atoms with Gasteiger partial charge in [-0.1, -0.05) is 6.07 Å². The Hall–Kier alpha value is -3.34. The third-order valence-electron chi connectivity index (χ3n) is 4.26. The number of fused-ring (bicyclic) bond motifs is 1. The summed E-state index contributed by atoms with van der Waals surface area (Å²) in [5.41, 5.74) is 0.0444. The van der Waals surface area contributed by atoms with Gasteiger partial charge in [-0.25, -0.2) is 8.42 Å². The number of nitro groups is 1. The fourth-order valence-electron chi connectivity index (χ4n) is 2.78. The van der Waals surface area contributed by atoms with Gasteiger partial charge in [0.1, 0.15) is 19.8 Å². The highest BCUT2D eigenvalue weighted by atomic mass is 32.2. The molecular weight excluding hydrogens is 404 g/mol. The molecule has 0 amide bonds. The molecular formula is C18H18N2O8S. The summed E-state index contributed by atoms with van der Waals surface area (Å²) >= 11 is 0. The maximum Gasteiger partial charge on any atom is 0.326 e. The Labute approximate surface area is 166 Å². The lowest BCUT2D eigenvalue weighted by Gasteiger charge is -2.26. The van der Waals surface area contributed by atoms with Crippen molar-refractivity contribution in [2.24, 2.45) is 0 Å². The Kier molecular flexibility index (Phi) is 5.59. The van der Waals surface area contributed by atoms with E-state index in [4.69, 9.17) is 9.47 Å². The average molecular weight is 422 g/mol. The number of hydrogen-bond donors (Lipinski definition) is 0. The number of hydrogen-bond acceptors (Lipinski definition) is 8. The monoisotopic (exact) mass is 422 g/mol. The van der Waals surface area contributed by atoms with Gasteiger partial charge < -0.3 is 14.2 Å². The van der Waals surface area contributed by atoms with Crippen molar-refractivity contribution in [2.45, 2.75) is 11.8 Å². The molecule has 1 heterocycles. The molecule has 2 aromatic rings. The smallest absolute Gasteiger partial charge is 0.326 e. The number of nitrogens with zero attached hydrogens (tertiary/aromatic N) is 2. The maximum absolute atomic E-state index is 13.4. The largest absolute Gasteiger partial charge is 0.486 e. The standard InChI is InChI=1S/C18H18N2O8S/c1-12-3-4-14(20(22)23)10-17(12)29(24,25)19(11-18(21)26-2)13-5-6-15-16(9-13)28-8-7-27-15/h3-6,9-10H,7-8,11H2,1-2H3. The minimum absolute atomic E-state index is 0.130. The van der Waals surface area contributed by atoms with Gasteiger partial charge in [-0.15, -0.1) is 0 Å². The minimum Gasteiger partial charge on any atom is -0.486 e. The van der Waals surface area contributed by atoms with E-state index in [0.717, 1.165) is 17.5 Å². The number of ether oxygens (including phenoxy) is 3. The van der Waals surface area contributed by atoms with Crippen LogP contribution in [0.15, 0.2) is 41.3 Å². The van der Waals surface area contributed by atoms with Gasteiger partial charge in [-0.05, 0) is 24.6 Å². The average Bonchev–Trinajstić information content (AvgIpc) is 2.71. The molecule has 0 spiro atoms. The Morgan fingerprint density at radius 3 is 2.52 bits per heavy atom. The van der Waals surface area contributed by atoms with Crippen molar-refractivity contribution in [1.29, 1.82) is 0 Å². The van der Waals surface area contributed by atoms with Crippen molar-refractivity contribution >= 4 is 27.4 Å². The first-order valence-corrected chi connectivity index (χ1v) is 9.92. The molecule has 154 valence electrons. The molecule has 1 aliphatic rings. The molecule has 0 saturated carbocycles.